The maximum absolute atomic E-state index is 9.95. The predicted molar refractivity (Wildman–Crippen MR) is 57.5 cm³/mol. The highest BCUT2D eigenvalue weighted by Crippen LogP contribution is 2.34. The zero-order valence-electron chi connectivity index (χ0n) is 10.1. The molecule has 0 aliphatic heterocycles. The molecule has 0 saturated heterocycles. The van der Waals surface area contributed by atoms with E-state index in [1.807, 2.05) is 7.05 Å². The van der Waals surface area contributed by atoms with Crippen molar-refractivity contribution in [3.05, 3.63) is 18.7 Å². The lowest BCUT2D eigenvalue weighted by atomic mass is 10.5. The third kappa shape index (κ3) is 6.74. The van der Waals surface area contributed by atoms with Crippen LogP contribution in [0, 0.1) is 0 Å². The summed E-state index contributed by atoms with van der Waals surface area (Å²) in [6.45, 7) is 3.31. The molecule has 94 valence electrons. The first-order valence-corrected chi connectivity index (χ1v) is 6.34. The number of aryl methyl sites for hydroxylation is 2. The summed E-state index contributed by atoms with van der Waals surface area (Å²) in [7, 11) is 0.207. The van der Waals surface area contributed by atoms with Crippen molar-refractivity contribution in [1.82, 2.24) is 4.57 Å². The Morgan fingerprint density at radius 2 is 2.00 bits per heavy atom. The highest BCUT2D eigenvalue weighted by molar-refractivity contribution is 7.45. The first-order valence-electron chi connectivity index (χ1n) is 4.88. The zero-order chi connectivity index (χ0) is 12.6. The minimum absolute atomic E-state index is 1.04. The van der Waals surface area contributed by atoms with Crippen LogP contribution in [-0.4, -0.2) is 18.8 Å². The molecule has 0 fully saturated rings. The number of rotatable bonds is 4. The van der Waals surface area contributed by atoms with Gasteiger partial charge in [0, 0.05) is 14.2 Å². The summed E-state index contributed by atoms with van der Waals surface area (Å²) in [4.78, 5) is 9.95. The van der Waals surface area contributed by atoms with E-state index in [0.29, 0.717) is 0 Å². The minimum Gasteiger partial charge on any atom is -0.756 e. The molecular weight excluding hydrogens is 231 g/mol. The third-order valence-corrected chi connectivity index (χ3v) is 2.65. The average Bonchev–Trinajstić information content (AvgIpc) is 2.66. The molecule has 0 bridgehead atoms. The smallest absolute Gasteiger partial charge is 0.267 e. The quantitative estimate of drug-likeness (QED) is 0.575. The van der Waals surface area contributed by atoms with Gasteiger partial charge in [0.1, 0.15) is 12.4 Å². The molecule has 0 saturated carbocycles. The molecule has 1 heterocycles. The van der Waals surface area contributed by atoms with Crippen molar-refractivity contribution in [2.45, 2.75) is 19.9 Å². The molecule has 0 amide bonds. The van der Waals surface area contributed by atoms with Crippen LogP contribution in [0.2, 0.25) is 0 Å². The third-order valence-electron chi connectivity index (χ3n) is 1.75. The van der Waals surface area contributed by atoms with Crippen LogP contribution >= 0.6 is 7.82 Å². The number of hydrogen-bond donors (Lipinski definition) is 0. The Balaban J connectivity index is 0.000000293. The van der Waals surface area contributed by atoms with E-state index >= 15 is 0 Å². The molecule has 0 unspecified atom stereocenters. The Hall–Kier alpha value is -0.680. The van der Waals surface area contributed by atoms with Gasteiger partial charge in [-0.2, -0.15) is 0 Å². The lowest BCUT2D eigenvalue weighted by molar-refractivity contribution is -0.671. The van der Waals surface area contributed by atoms with Crippen molar-refractivity contribution in [3.63, 3.8) is 0 Å². The first kappa shape index (κ1) is 15.3. The lowest BCUT2D eigenvalue weighted by Crippen LogP contribution is -2.23. The Kier molecular flexibility index (Phi) is 7.25. The highest BCUT2D eigenvalue weighted by Gasteiger charge is 1.98. The van der Waals surface area contributed by atoms with Crippen LogP contribution in [-0.2, 0) is 27.2 Å². The van der Waals surface area contributed by atoms with Crippen LogP contribution in [0.5, 0.6) is 0 Å². The second-order valence-corrected chi connectivity index (χ2v) is 4.75. The molecule has 6 nitrogen and oxygen atoms in total. The van der Waals surface area contributed by atoms with Crippen LogP contribution in [0.25, 0.3) is 0 Å². The molecule has 16 heavy (non-hydrogen) atoms. The molecule has 7 heteroatoms. The van der Waals surface area contributed by atoms with Gasteiger partial charge in [-0.25, -0.2) is 9.13 Å². The Morgan fingerprint density at radius 3 is 2.25 bits per heavy atom. The maximum Gasteiger partial charge on any atom is 0.267 e. The van der Waals surface area contributed by atoms with Crippen molar-refractivity contribution in [2.24, 2.45) is 7.05 Å². The minimum atomic E-state index is -3.90. The number of nitrogens with zero attached hydrogens (tertiary/aromatic N) is 2. The van der Waals surface area contributed by atoms with Crippen molar-refractivity contribution in [3.8, 4) is 0 Å². The van der Waals surface area contributed by atoms with Crippen molar-refractivity contribution < 1.29 is 23.1 Å². The number of phosphoric acid groups is 1. The molecule has 1 rings (SSSR count). The van der Waals surface area contributed by atoms with Crippen molar-refractivity contribution >= 4 is 7.82 Å². The fourth-order valence-corrected chi connectivity index (χ4v) is 1.12. The monoisotopic (exact) mass is 250 g/mol. The largest absolute Gasteiger partial charge is 0.756 e. The standard InChI is InChI=1S/C7H13N2.C2H7O4P/c1-3-4-9-6-5-8(2)7-9;1-5-7(3,4)6-2/h5-7H,3-4H2,1-2H3;1-2H3,(H,3,4)/q+1;/p-1. The van der Waals surface area contributed by atoms with Gasteiger partial charge in [-0.3, -0.25) is 4.57 Å². The van der Waals surface area contributed by atoms with Crippen LogP contribution < -0.4 is 9.46 Å². The van der Waals surface area contributed by atoms with Gasteiger partial charge in [0.2, 0.25) is 6.33 Å². The molecule has 0 N–H and O–H groups in total. The SMILES string of the molecule is CCCn1cc[n+](C)c1.COP(=O)([O-])OC. The van der Waals surface area contributed by atoms with Gasteiger partial charge in [0.05, 0.1) is 13.6 Å². The van der Waals surface area contributed by atoms with E-state index in [-0.39, 0.29) is 0 Å². The fraction of sp³-hybridized carbons (Fsp3) is 0.667. The molecule has 0 radical (unpaired) electrons. The first-order chi connectivity index (χ1) is 7.45. The highest BCUT2D eigenvalue weighted by atomic mass is 31.2. The van der Waals surface area contributed by atoms with Crippen LogP contribution in [0.1, 0.15) is 13.3 Å². The van der Waals surface area contributed by atoms with E-state index in [1.165, 1.54) is 6.42 Å². The summed E-state index contributed by atoms with van der Waals surface area (Å²) in [6, 6.07) is 0. The summed E-state index contributed by atoms with van der Waals surface area (Å²) in [5, 5.41) is 0. The van der Waals surface area contributed by atoms with E-state index in [9.17, 15) is 9.46 Å². The zero-order valence-corrected chi connectivity index (χ0v) is 11.0. The number of hydrogen-bond acceptors (Lipinski definition) is 4. The van der Waals surface area contributed by atoms with Crippen molar-refractivity contribution in [1.29, 1.82) is 0 Å². The number of imidazole rings is 1. The summed E-state index contributed by atoms with van der Waals surface area (Å²) < 4.78 is 21.9. The molecule has 0 aliphatic rings. The van der Waals surface area contributed by atoms with Gasteiger partial charge >= 0.3 is 0 Å². The topological polar surface area (TPSA) is 67.4 Å². The van der Waals surface area contributed by atoms with Gasteiger partial charge < -0.3 is 13.9 Å². The summed E-state index contributed by atoms with van der Waals surface area (Å²) in [5.41, 5.74) is 0. The van der Waals surface area contributed by atoms with Gasteiger partial charge in [-0.05, 0) is 6.42 Å². The van der Waals surface area contributed by atoms with Gasteiger partial charge in [-0.1, -0.05) is 6.92 Å². The van der Waals surface area contributed by atoms with Crippen LogP contribution in [0.4, 0.5) is 0 Å². The summed E-state index contributed by atoms with van der Waals surface area (Å²) in [6.07, 6.45) is 7.43. The van der Waals surface area contributed by atoms with Crippen LogP contribution in [0.15, 0.2) is 18.7 Å². The molecule has 0 aliphatic carbocycles. The van der Waals surface area contributed by atoms with Gasteiger partial charge in [0.15, 0.2) is 0 Å². The molecular formula is C9H19N2O4P. The maximum atomic E-state index is 9.95. The van der Waals surface area contributed by atoms with E-state index in [0.717, 1.165) is 20.8 Å². The van der Waals surface area contributed by atoms with E-state index in [2.05, 4.69) is 43.8 Å². The van der Waals surface area contributed by atoms with Gasteiger partial charge in [-0.15, -0.1) is 0 Å². The average molecular weight is 250 g/mol. The molecule has 0 aromatic carbocycles. The summed E-state index contributed by atoms with van der Waals surface area (Å²) >= 11 is 0. The molecule has 1 aromatic heterocycles. The normalized spacial score (nSPS) is 10.8. The second kappa shape index (κ2) is 7.57. The van der Waals surface area contributed by atoms with E-state index in [1.54, 1.807) is 0 Å². The predicted octanol–water partition coefficient (Wildman–Crippen LogP) is 0.470. The Labute approximate surface area is 96.0 Å². The van der Waals surface area contributed by atoms with E-state index < -0.39 is 7.82 Å². The summed E-state index contributed by atoms with van der Waals surface area (Å²) in [5.74, 6) is 0. The lowest BCUT2D eigenvalue weighted by Gasteiger charge is -2.16. The fourth-order valence-electron chi connectivity index (χ4n) is 0.967. The van der Waals surface area contributed by atoms with E-state index in [4.69, 9.17) is 0 Å². The number of aromatic nitrogens is 2. The Bertz CT molecular complexity index is 332. The molecule has 0 spiro atoms. The van der Waals surface area contributed by atoms with Crippen molar-refractivity contribution in [2.75, 3.05) is 14.2 Å². The Morgan fingerprint density at radius 1 is 1.44 bits per heavy atom. The van der Waals surface area contributed by atoms with Gasteiger partial charge in [0.25, 0.3) is 7.82 Å². The molecule has 1 aromatic rings. The number of phosphoric ester groups is 1. The van der Waals surface area contributed by atoms with Crippen LogP contribution in [0.3, 0.4) is 0 Å². The second-order valence-electron chi connectivity index (χ2n) is 3.13. The molecule has 0 atom stereocenters.